The van der Waals surface area contributed by atoms with E-state index in [-0.39, 0.29) is 5.78 Å². The van der Waals surface area contributed by atoms with Gasteiger partial charge >= 0.3 is 11.9 Å². The van der Waals surface area contributed by atoms with Crippen molar-refractivity contribution in [3.8, 4) is 0 Å². The molecule has 0 heterocycles. The molecule has 0 aromatic carbocycles. The van der Waals surface area contributed by atoms with E-state index < -0.39 is 22.8 Å². The normalized spacial score (nSPS) is 20.7. The van der Waals surface area contributed by atoms with Crippen LogP contribution in [0.5, 0.6) is 0 Å². The number of aliphatic carboxylic acids is 2. The summed E-state index contributed by atoms with van der Waals surface area (Å²) in [6.45, 7) is 0. The van der Waals surface area contributed by atoms with Gasteiger partial charge in [-0.1, -0.05) is 25.7 Å². The van der Waals surface area contributed by atoms with E-state index >= 15 is 0 Å². The summed E-state index contributed by atoms with van der Waals surface area (Å²) < 4.78 is 0. The summed E-state index contributed by atoms with van der Waals surface area (Å²) in [5, 5.41) is 18.5. The van der Waals surface area contributed by atoms with Gasteiger partial charge in [-0.3, -0.25) is 14.4 Å². The van der Waals surface area contributed by atoms with Crippen LogP contribution in [0.25, 0.3) is 0 Å². The molecule has 5 nitrogen and oxygen atoms in total. The SMILES string of the molecule is O=C(CCCCC1(C(=O)O)CCC1)CCCCC1(C(=O)O)CCC1. The summed E-state index contributed by atoms with van der Waals surface area (Å²) in [7, 11) is 0. The van der Waals surface area contributed by atoms with Crippen molar-refractivity contribution in [2.75, 3.05) is 0 Å². The second kappa shape index (κ2) is 8.13. The molecule has 0 spiro atoms. The van der Waals surface area contributed by atoms with Crippen LogP contribution in [0, 0.1) is 10.8 Å². The lowest BCUT2D eigenvalue weighted by Crippen LogP contribution is -2.37. The van der Waals surface area contributed by atoms with Gasteiger partial charge in [0.05, 0.1) is 10.8 Å². The number of ketones is 1. The molecule has 136 valence electrons. The van der Waals surface area contributed by atoms with Crippen LogP contribution in [0.15, 0.2) is 0 Å². The number of rotatable bonds is 12. The fraction of sp³-hybridized carbons (Fsp3) is 0.842. The maximum Gasteiger partial charge on any atom is 0.309 e. The maximum absolute atomic E-state index is 11.9. The zero-order valence-electron chi connectivity index (χ0n) is 14.5. The van der Waals surface area contributed by atoms with Crippen LogP contribution in [0.1, 0.15) is 89.9 Å². The Balaban J connectivity index is 1.52. The number of hydrogen-bond acceptors (Lipinski definition) is 3. The summed E-state index contributed by atoms with van der Waals surface area (Å²) in [6.07, 6.45) is 10.7. The van der Waals surface area contributed by atoms with Gasteiger partial charge in [0.2, 0.25) is 0 Å². The highest BCUT2D eigenvalue weighted by molar-refractivity contribution is 5.78. The van der Waals surface area contributed by atoms with Gasteiger partial charge in [0.15, 0.2) is 0 Å². The number of hydrogen-bond donors (Lipinski definition) is 2. The van der Waals surface area contributed by atoms with Gasteiger partial charge in [-0.05, 0) is 51.4 Å². The van der Waals surface area contributed by atoms with Crippen molar-refractivity contribution in [2.24, 2.45) is 10.8 Å². The molecule has 2 rings (SSSR count). The number of carbonyl (C=O) groups excluding carboxylic acids is 1. The average molecular weight is 338 g/mol. The first-order valence-corrected chi connectivity index (χ1v) is 9.39. The van der Waals surface area contributed by atoms with Gasteiger partial charge in [-0.2, -0.15) is 0 Å². The fourth-order valence-corrected chi connectivity index (χ4v) is 4.04. The van der Waals surface area contributed by atoms with Gasteiger partial charge in [-0.25, -0.2) is 0 Å². The number of carboxylic acid groups (broad SMARTS) is 2. The van der Waals surface area contributed by atoms with Crippen LogP contribution in [-0.2, 0) is 14.4 Å². The minimum absolute atomic E-state index is 0.228. The van der Waals surface area contributed by atoms with E-state index in [2.05, 4.69) is 0 Å². The Morgan fingerprint density at radius 1 is 0.667 bits per heavy atom. The molecule has 2 aliphatic carbocycles. The molecule has 0 aromatic heterocycles. The molecule has 24 heavy (non-hydrogen) atoms. The molecule has 2 fully saturated rings. The Hall–Kier alpha value is -1.39. The van der Waals surface area contributed by atoms with Crippen LogP contribution in [0.3, 0.4) is 0 Å². The van der Waals surface area contributed by atoms with Crippen molar-refractivity contribution in [1.82, 2.24) is 0 Å². The molecule has 0 aliphatic heterocycles. The van der Waals surface area contributed by atoms with E-state index in [1.165, 1.54) is 0 Å². The second-order valence-corrected chi connectivity index (χ2v) is 7.83. The first-order chi connectivity index (χ1) is 11.4. The van der Waals surface area contributed by atoms with E-state index in [1.807, 2.05) is 0 Å². The van der Waals surface area contributed by atoms with Crippen LogP contribution in [0.2, 0.25) is 0 Å². The smallest absolute Gasteiger partial charge is 0.309 e. The third-order valence-corrected chi connectivity index (χ3v) is 6.25. The molecule has 5 heteroatoms. The zero-order valence-corrected chi connectivity index (χ0v) is 14.5. The van der Waals surface area contributed by atoms with E-state index in [4.69, 9.17) is 0 Å². The lowest BCUT2D eigenvalue weighted by Gasteiger charge is -2.37. The molecule has 0 aromatic rings. The summed E-state index contributed by atoms with van der Waals surface area (Å²) in [5.41, 5.74) is -1.01. The standard InChI is InChI=1S/C19H30O5/c20-15(7-1-3-9-18(16(21)22)11-5-12-18)8-2-4-10-19(17(23)24)13-6-14-19/h1-14H2,(H,21,22)(H,23,24). The highest BCUT2D eigenvalue weighted by Crippen LogP contribution is 2.46. The topological polar surface area (TPSA) is 91.7 Å². The van der Waals surface area contributed by atoms with Gasteiger partial charge in [0, 0.05) is 12.8 Å². The first kappa shape index (κ1) is 18.9. The largest absolute Gasteiger partial charge is 0.481 e. The van der Waals surface area contributed by atoms with Crippen molar-refractivity contribution in [2.45, 2.75) is 89.9 Å². The molecular formula is C19H30O5. The van der Waals surface area contributed by atoms with Crippen LogP contribution >= 0.6 is 0 Å². The fourth-order valence-electron chi connectivity index (χ4n) is 4.04. The molecule has 0 unspecified atom stereocenters. The lowest BCUT2D eigenvalue weighted by atomic mass is 9.66. The Morgan fingerprint density at radius 3 is 1.29 bits per heavy atom. The van der Waals surface area contributed by atoms with E-state index in [1.54, 1.807) is 0 Å². The van der Waals surface area contributed by atoms with Gasteiger partial charge in [0.1, 0.15) is 5.78 Å². The third kappa shape index (κ3) is 4.37. The maximum atomic E-state index is 11.9. The Labute approximate surface area is 143 Å². The monoisotopic (exact) mass is 338 g/mol. The Kier molecular flexibility index (Phi) is 6.41. The van der Waals surface area contributed by atoms with Crippen molar-refractivity contribution in [1.29, 1.82) is 0 Å². The number of unbranched alkanes of at least 4 members (excludes halogenated alkanes) is 2. The molecule has 2 aliphatic rings. The predicted molar refractivity (Wildman–Crippen MR) is 89.8 cm³/mol. The molecule has 0 atom stereocenters. The molecule has 2 saturated carbocycles. The van der Waals surface area contributed by atoms with E-state index in [9.17, 15) is 24.6 Å². The average Bonchev–Trinajstić information content (AvgIpc) is 2.42. The molecule has 0 amide bonds. The number of Topliss-reactive ketones (excluding diaryl/α,β-unsaturated/α-hetero) is 1. The molecule has 0 saturated heterocycles. The lowest BCUT2D eigenvalue weighted by molar-refractivity contribution is -0.156. The zero-order chi connectivity index (χ0) is 17.6. The van der Waals surface area contributed by atoms with E-state index in [0.717, 1.165) is 64.2 Å². The summed E-state index contributed by atoms with van der Waals surface area (Å²) >= 11 is 0. The summed E-state index contributed by atoms with van der Waals surface area (Å²) in [5.74, 6) is -1.13. The van der Waals surface area contributed by atoms with E-state index in [0.29, 0.717) is 25.7 Å². The van der Waals surface area contributed by atoms with Crippen LogP contribution < -0.4 is 0 Å². The van der Waals surface area contributed by atoms with Gasteiger partial charge in [-0.15, -0.1) is 0 Å². The molecule has 0 radical (unpaired) electrons. The second-order valence-electron chi connectivity index (χ2n) is 7.83. The minimum Gasteiger partial charge on any atom is -0.481 e. The van der Waals surface area contributed by atoms with Gasteiger partial charge in [0.25, 0.3) is 0 Å². The first-order valence-electron chi connectivity index (χ1n) is 9.39. The quantitative estimate of drug-likeness (QED) is 0.521. The third-order valence-electron chi connectivity index (χ3n) is 6.25. The van der Waals surface area contributed by atoms with Crippen LogP contribution in [0.4, 0.5) is 0 Å². The van der Waals surface area contributed by atoms with Gasteiger partial charge < -0.3 is 10.2 Å². The number of carbonyl (C=O) groups is 3. The van der Waals surface area contributed by atoms with Crippen molar-refractivity contribution < 1.29 is 24.6 Å². The highest BCUT2D eigenvalue weighted by Gasteiger charge is 2.44. The summed E-state index contributed by atoms with van der Waals surface area (Å²) in [6, 6.07) is 0. The van der Waals surface area contributed by atoms with Crippen molar-refractivity contribution in [3.05, 3.63) is 0 Å². The predicted octanol–water partition coefficient (Wildman–Crippen LogP) is 4.19. The summed E-state index contributed by atoms with van der Waals surface area (Å²) in [4.78, 5) is 34.4. The number of carboxylic acids is 2. The molecule has 2 N–H and O–H groups in total. The van der Waals surface area contributed by atoms with Crippen molar-refractivity contribution in [3.63, 3.8) is 0 Å². The highest BCUT2D eigenvalue weighted by atomic mass is 16.4. The minimum atomic E-state index is -0.677. The van der Waals surface area contributed by atoms with Crippen LogP contribution in [-0.4, -0.2) is 27.9 Å². The van der Waals surface area contributed by atoms with Crippen molar-refractivity contribution >= 4 is 17.7 Å². The molecular weight excluding hydrogens is 308 g/mol. The Bertz CT molecular complexity index is 432. The Morgan fingerprint density at radius 2 is 1.04 bits per heavy atom. The molecule has 0 bridgehead atoms.